The van der Waals surface area contributed by atoms with E-state index in [1.54, 1.807) is 16.6 Å². The molecule has 1 aliphatic heterocycles. The summed E-state index contributed by atoms with van der Waals surface area (Å²) in [5.74, 6) is -0.106. The number of carbonyl (C=O) groups excluding carboxylic acids is 1. The molecule has 0 atom stereocenters. The van der Waals surface area contributed by atoms with Gasteiger partial charge in [0.15, 0.2) is 5.69 Å². The Morgan fingerprint density at radius 3 is 3.14 bits per heavy atom. The largest absolute Gasteiger partial charge is 0.394 e. The predicted molar refractivity (Wildman–Crippen MR) is 78.2 cm³/mol. The number of fused-ring (bicyclic) bond motifs is 1. The minimum absolute atomic E-state index is 0.0164. The second-order valence-corrected chi connectivity index (χ2v) is 5.59. The Morgan fingerprint density at radius 1 is 1.45 bits per heavy atom. The highest BCUT2D eigenvalue weighted by molar-refractivity contribution is 7.03. The third-order valence-electron chi connectivity index (χ3n) is 3.54. The van der Waals surface area contributed by atoms with Gasteiger partial charge in [-0.2, -0.15) is 0 Å². The van der Waals surface area contributed by atoms with Crippen molar-refractivity contribution in [2.24, 2.45) is 0 Å². The number of aliphatic hydroxyl groups is 1. The van der Waals surface area contributed by atoms with E-state index in [1.807, 2.05) is 0 Å². The van der Waals surface area contributed by atoms with Crippen LogP contribution in [-0.4, -0.2) is 54.8 Å². The van der Waals surface area contributed by atoms with Crippen molar-refractivity contribution in [1.82, 2.24) is 24.0 Å². The molecule has 9 heteroatoms. The normalized spacial score (nSPS) is 14.7. The number of aromatic nitrogens is 4. The Bertz CT molecular complexity index is 628. The van der Waals surface area contributed by atoms with Crippen LogP contribution < -0.4 is 0 Å². The summed E-state index contributed by atoms with van der Waals surface area (Å²) in [6.07, 6.45) is 2.65. The lowest BCUT2D eigenvalue weighted by Gasteiger charge is -2.19. The van der Waals surface area contributed by atoms with Gasteiger partial charge in [0.1, 0.15) is 0 Å². The third kappa shape index (κ3) is 3.16. The first-order valence-electron chi connectivity index (χ1n) is 7.07. The zero-order chi connectivity index (χ0) is 15.4. The third-order valence-corrected chi connectivity index (χ3v) is 4.05. The average molecular weight is 323 g/mol. The molecule has 0 bridgehead atoms. The van der Waals surface area contributed by atoms with E-state index in [0.29, 0.717) is 25.4 Å². The lowest BCUT2D eigenvalue weighted by molar-refractivity contribution is 0.0724. The smallest absolute Gasteiger partial charge is 0.275 e. The van der Waals surface area contributed by atoms with Gasteiger partial charge in [0.25, 0.3) is 5.91 Å². The van der Waals surface area contributed by atoms with Crippen molar-refractivity contribution in [3.8, 4) is 0 Å². The highest BCUT2D eigenvalue weighted by Crippen LogP contribution is 2.18. The molecule has 0 radical (unpaired) electrons. The fourth-order valence-corrected chi connectivity index (χ4v) is 2.89. The number of imidazole rings is 1. The number of nitrogens with zero attached hydrogens (tertiary/aromatic N) is 5. The summed E-state index contributed by atoms with van der Waals surface area (Å²) in [6.45, 7) is 2.57. The molecule has 0 spiro atoms. The molecule has 3 rings (SSSR count). The number of carbonyl (C=O) groups is 1. The van der Waals surface area contributed by atoms with Gasteiger partial charge in [-0.1, -0.05) is 4.49 Å². The quantitative estimate of drug-likeness (QED) is 0.795. The molecule has 1 N–H and O–H groups in total. The molecule has 0 fully saturated rings. The van der Waals surface area contributed by atoms with E-state index in [4.69, 9.17) is 9.84 Å². The van der Waals surface area contributed by atoms with E-state index in [0.717, 1.165) is 24.4 Å². The zero-order valence-corrected chi connectivity index (χ0v) is 12.8. The SMILES string of the molecule is O=C(c1csnn1)N1CCCn2cnc(COCCO)c2C1. The maximum atomic E-state index is 12.5. The number of amides is 1. The number of aryl methyl sites for hydroxylation is 1. The van der Waals surface area contributed by atoms with Gasteiger partial charge in [0.05, 0.1) is 44.1 Å². The van der Waals surface area contributed by atoms with Crippen LogP contribution in [0.25, 0.3) is 0 Å². The van der Waals surface area contributed by atoms with E-state index in [-0.39, 0.29) is 19.1 Å². The molecular formula is C13H17N5O3S. The molecular weight excluding hydrogens is 306 g/mol. The maximum absolute atomic E-state index is 12.5. The van der Waals surface area contributed by atoms with Crippen LogP contribution in [0.5, 0.6) is 0 Å². The van der Waals surface area contributed by atoms with Crippen LogP contribution in [0.2, 0.25) is 0 Å². The van der Waals surface area contributed by atoms with Gasteiger partial charge in [-0.05, 0) is 18.0 Å². The number of aliphatic hydroxyl groups excluding tert-OH is 1. The fraction of sp³-hybridized carbons (Fsp3) is 0.538. The summed E-state index contributed by atoms with van der Waals surface area (Å²) in [5.41, 5.74) is 2.17. The van der Waals surface area contributed by atoms with Gasteiger partial charge in [-0.3, -0.25) is 4.79 Å². The summed E-state index contributed by atoms with van der Waals surface area (Å²) in [7, 11) is 0. The Hall–Kier alpha value is -1.84. The topological polar surface area (TPSA) is 93.4 Å². The average Bonchev–Trinajstić information content (AvgIpc) is 3.13. The summed E-state index contributed by atoms with van der Waals surface area (Å²) in [5, 5.41) is 14.3. The summed E-state index contributed by atoms with van der Waals surface area (Å²) in [4.78, 5) is 18.6. The molecule has 8 nitrogen and oxygen atoms in total. The first kappa shape index (κ1) is 15.1. The number of hydrogen-bond acceptors (Lipinski definition) is 7. The van der Waals surface area contributed by atoms with Crippen molar-refractivity contribution in [3.63, 3.8) is 0 Å². The number of rotatable bonds is 5. The van der Waals surface area contributed by atoms with Gasteiger partial charge in [-0.15, -0.1) is 5.10 Å². The standard InChI is InChI=1S/C13H17N5O3S/c19-4-5-21-7-10-12-6-17(2-1-3-18(12)9-14-10)13(20)11-8-22-16-15-11/h8-9,19H,1-7H2. The van der Waals surface area contributed by atoms with E-state index < -0.39 is 0 Å². The molecule has 0 aliphatic carbocycles. The predicted octanol–water partition coefficient (Wildman–Crippen LogP) is 0.290. The van der Waals surface area contributed by atoms with Gasteiger partial charge in [-0.25, -0.2) is 4.98 Å². The van der Waals surface area contributed by atoms with Gasteiger partial charge in [0, 0.05) is 18.5 Å². The molecule has 0 aromatic carbocycles. The van der Waals surface area contributed by atoms with Crippen LogP contribution >= 0.6 is 11.5 Å². The summed E-state index contributed by atoms with van der Waals surface area (Å²) >= 11 is 1.17. The van der Waals surface area contributed by atoms with Crippen molar-refractivity contribution < 1.29 is 14.6 Å². The van der Waals surface area contributed by atoms with E-state index in [9.17, 15) is 4.79 Å². The molecule has 0 saturated carbocycles. The van der Waals surface area contributed by atoms with Gasteiger partial charge < -0.3 is 19.3 Å². The van der Waals surface area contributed by atoms with Gasteiger partial charge in [0.2, 0.25) is 0 Å². The second-order valence-electron chi connectivity index (χ2n) is 4.98. The Morgan fingerprint density at radius 2 is 2.36 bits per heavy atom. The van der Waals surface area contributed by atoms with Crippen LogP contribution in [0.3, 0.4) is 0 Å². The highest BCUT2D eigenvalue weighted by Gasteiger charge is 2.24. The summed E-state index contributed by atoms with van der Waals surface area (Å²) < 4.78 is 11.2. The van der Waals surface area contributed by atoms with Crippen molar-refractivity contribution in [2.75, 3.05) is 19.8 Å². The van der Waals surface area contributed by atoms with Crippen LogP contribution in [-0.2, 0) is 24.4 Å². The first-order valence-corrected chi connectivity index (χ1v) is 7.91. The molecule has 0 unspecified atom stereocenters. The molecule has 22 heavy (non-hydrogen) atoms. The van der Waals surface area contributed by atoms with Crippen LogP contribution in [0.4, 0.5) is 0 Å². The molecule has 2 aromatic heterocycles. The van der Waals surface area contributed by atoms with Crippen LogP contribution in [0.15, 0.2) is 11.7 Å². The van der Waals surface area contributed by atoms with E-state index in [2.05, 4.69) is 19.1 Å². The van der Waals surface area contributed by atoms with Gasteiger partial charge >= 0.3 is 0 Å². The molecule has 2 aromatic rings. The first-order chi connectivity index (χ1) is 10.8. The van der Waals surface area contributed by atoms with Crippen molar-refractivity contribution in [3.05, 3.63) is 28.8 Å². The highest BCUT2D eigenvalue weighted by atomic mass is 32.1. The minimum atomic E-state index is -0.106. The number of ether oxygens (including phenoxy) is 1. The minimum Gasteiger partial charge on any atom is -0.394 e. The van der Waals surface area contributed by atoms with Crippen molar-refractivity contribution >= 4 is 17.4 Å². The molecule has 1 amide bonds. The molecule has 3 heterocycles. The fourth-order valence-electron chi connectivity index (χ4n) is 2.46. The van der Waals surface area contributed by atoms with Crippen molar-refractivity contribution in [2.45, 2.75) is 26.1 Å². The Balaban J connectivity index is 1.76. The lowest BCUT2D eigenvalue weighted by atomic mass is 10.3. The lowest BCUT2D eigenvalue weighted by Crippen LogP contribution is -2.31. The van der Waals surface area contributed by atoms with Crippen molar-refractivity contribution in [1.29, 1.82) is 0 Å². The Kier molecular flexibility index (Phi) is 4.76. The zero-order valence-electron chi connectivity index (χ0n) is 12.0. The molecule has 118 valence electrons. The molecule has 0 saturated heterocycles. The van der Waals surface area contributed by atoms with Crippen LogP contribution in [0.1, 0.15) is 28.3 Å². The monoisotopic (exact) mass is 323 g/mol. The number of hydrogen-bond donors (Lipinski definition) is 1. The Labute approximate surface area is 131 Å². The van der Waals surface area contributed by atoms with E-state index >= 15 is 0 Å². The molecule has 1 aliphatic rings. The maximum Gasteiger partial charge on any atom is 0.275 e. The summed E-state index contributed by atoms with van der Waals surface area (Å²) in [6, 6.07) is 0. The van der Waals surface area contributed by atoms with E-state index in [1.165, 1.54) is 11.5 Å². The second kappa shape index (κ2) is 6.95. The van der Waals surface area contributed by atoms with Crippen LogP contribution in [0, 0.1) is 0 Å².